The van der Waals surface area contributed by atoms with Crippen molar-refractivity contribution in [3.05, 3.63) is 70.9 Å². The summed E-state index contributed by atoms with van der Waals surface area (Å²) in [5.74, 6) is -0.279. The van der Waals surface area contributed by atoms with E-state index in [1.807, 2.05) is 68.4 Å². The lowest BCUT2D eigenvalue weighted by Crippen LogP contribution is -2.43. The fourth-order valence-electron chi connectivity index (χ4n) is 3.66. The van der Waals surface area contributed by atoms with Crippen LogP contribution in [0.2, 0.25) is 0 Å². The highest BCUT2D eigenvalue weighted by molar-refractivity contribution is 5.97. The van der Waals surface area contributed by atoms with Crippen molar-refractivity contribution in [3.8, 4) is 0 Å². The molecule has 1 aromatic heterocycles. The zero-order valence-electron chi connectivity index (χ0n) is 13.4. The van der Waals surface area contributed by atoms with Crippen LogP contribution in [0.15, 0.2) is 48.5 Å². The number of fused-ring (bicyclic) bond motifs is 2. The molecule has 4 heteroatoms. The van der Waals surface area contributed by atoms with Crippen LogP contribution in [0.4, 0.5) is 0 Å². The van der Waals surface area contributed by atoms with E-state index in [2.05, 4.69) is 11.1 Å². The summed E-state index contributed by atoms with van der Waals surface area (Å²) in [4.78, 5) is 17.9. The first-order valence-electron chi connectivity index (χ1n) is 7.64. The van der Waals surface area contributed by atoms with Crippen LogP contribution in [0.1, 0.15) is 27.2 Å². The summed E-state index contributed by atoms with van der Waals surface area (Å²) in [7, 11) is 3.88. The lowest BCUT2D eigenvalue weighted by atomic mass is 9.90. The van der Waals surface area contributed by atoms with E-state index in [1.165, 1.54) is 0 Å². The molecule has 2 heterocycles. The third-order valence-corrected chi connectivity index (χ3v) is 4.61. The Kier molecular flexibility index (Phi) is 2.87. The number of aromatic nitrogens is 1. The van der Waals surface area contributed by atoms with Crippen LogP contribution >= 0.6 is 0 Å². The van der Waals surface area contributed by atoms with Gasteiger partial charge in [0.1, 0.15) is 0 Å². The van der Waals surface area contributed by atoms with E-state index in [1.54, 1.807) is 0 Å². The van der Waals surface area contributed by atoms with Gasteiger partial charge in [0, 0.05) is 27.7 Å². The number of rotatable bonds is 2. The standard InChI is InChI=1S/C19H18N2O2/c1-12-17(14-9-5-7-11-16(14)20-12)19(21(2)3)15-10-6-4-8-13(15)18(22)23-19/h4-11,20H,1-3H3. The van der Waals surface area contributed by atoms with Gasteiger partial charge in [0.2, 0.25) is 5.72 Å². The van der Waals surface area contributed by atoms with Gasteiger partial charge in [0.05, 0.1) is 5.56 Å². The van der Waals surface area contributed by atoms with Crippen LogP contribution in [0.25, 0.3) is 10.9 Å². The van der Waals surface area contributed by atoms with Crippen LogP contribution in [-0.2, 0) is 10.5 Å². The number of hydrogen-bond donors (Lipinski definition) is 1. The van der Waals surface area contributed by atoms with E-state index in [0.717, 1.165) is 27.7 Å². The van der Waals surface area contributed by atoms with Gasteiger partial charge in [0.25, 0.3) is 0 Å². The van der Waals surface area contributed by atoms with Crippen LogP contribution in [-0.4, -0.2) is 29.9 Å². The van der Waals surface area contributed by atoms with E-state index in [-0.39, 0.29) is 5.97 Å². The smallest absolute Gasteiger partial charge is 0.340 e. The van der Waals surface area contributed by atoms with Gasteiger partial charge in [0.15, 0.2) is 0 Å². The number of carbonyl (C=O) groups excluding carboxylic acids is 1. The predicted octanol–water partition coefficient (Wildman–Crippen LogP) is 3.41. The summed E-state index contributed by atoms with van der Waals surface area (Å²) in [5.41, 5.74) is 3.66. The molecular formula is C19H18N2O2. The second-order valence-corrected chi connectivity index (χ2v) is 6.14. The van der Waals surface area contributed by atoms with E-state index in [0.29, 0.717) is 5.56 Å². The maximum absolute atomic E-state index is 12.5. The predicted molar refractivity (Wildman–Crippen MR) is 89.4 cm³/mol. The third-order valence-electron chi connectivity index (χ3n) is 4.61. The van der Waals surface area contributed by atoms with Crippen molar-refractivity contribution in [1.82, 2.24) is 9.88 Å². The number of aromatic amines is 1. The zero-order valence-corrected chi connectivity index (χ0v) is 13.4. The SMILES string of the molecule is Cc1[nH]c2ccccc2c1C1(N(C)C)OC(=O)c2ccccc21. The van der Waals surface area contributed by atoms with Crippen molar-refractivity contribution in [2.75, 3.05) is 14.1 Å². The number of benzene rings is 2. The maximum Gasteiger partial charge on any atom is 0.340 e. The first kappa shape index (κ1) is 14.0. The molecule has 1 unspecified atom stereocenters. The van der Waals surface area contributed by atoms with Crippen LogP contribution in [0.5, 0.6) is 0 Å². The number of aryl methyl sites for hydroxylation is 1. The molecule has 0 spiro atoms. The van der Waals surface area contributed by atoms with E-state index in [9.17, 15) is 4.79 Å². The van der Waals surface area contributed by atoms with Gasteiger partial charge >= 0.3 is 5.97 Å². The number of esters is 1. The van der Waals surface area contributed by atoms with Crippen LogP contribution in [0.3, 0.4) is 0 Å². The molecule has 23 heavy (non-hydrogen) atoms. The average molecular weight is 306 g/mol. The first-order chi connectivity index (χ1) is 11.1. The molecule has 1 aliphatic rings. The van der Waals surface area contributed by atoms with Crippen LogP contribution < -0.4 is 0 Å². The zero-order chi connectivity index (χ0) is 16.2. The summed E-state index contributed by atoms with van der Waals surface area (Å²) in [6.45, 7) is 2.02. The molecule has 1 aliphatic heterocycles. The Morgan fingerprint density at radius 2 is 1.74 bits per heavy atom. The number of ether oxygens (including phenoxy) is 1. The van der Waals surface area contributed by atoms with Crippen molar-refractivity contribution in [2.45, 2.75) is 12.6 Å². The number of carbonyl (C=O) groups is 1. The topological polar surface area (TPSA) is 45.3 Å². The fourth-order valence-corrected chi connectivity index (χ4v) is 3.66. The number of H-pyrrole nitrogens is 1. The van der Waals surface area contributed by atoms with Crippen molar-refractivity contribution >= 4 is 16.9 Å². The van der Waals surface area contributed by atoms with E-state index in [4.69, 9.17) is 4.74 Å². The van der Waals surface area contributed by atoms with Gasteiger partial charge < -0.3 is 9.72 Å². The Hall–Kier alpha value is -2.59. The molecular weight excluding hydrogens is 288 g/mol. The molecule has 1 N–H and O–H groups in total. The van der Waals surface area contributed by atoms with Gasteiger partial charge in [-0.15, -0.1) is 0 Å². The Balaban J connectivity index is 2.11. The molecule has 0 bridgehead atoms. The summed E-state index contributed by atoms with van der Waals surface area (Å²) in [6, 6.07) is 15.7. The average Bonchev–Trinajstić information content (AvgIpc) is 3.03. The summed E-state index contributed by atoms with van der Waals surface area (Å²) < 4.78 is 5.98. The molecule has 2 aromatic carbocycles. The molecule has 0 amide bonds. The lowest BCUT2D eigenvalue weighted by molar-refractivity contribution is -0.0613. The molecule has 0 saturated heterocycles. The van der Waals surface area contributed by atoms with E-state index < -0.39 is 5.72 Å². The fraction of sp³-hybridized carbons (Fsp3) is 0.211. The van der Waals surface area contributed by atoms with Crippen molar-refractivity contribution in [2.24, 2.45) is 0 Å². The number of cyclic esters (lactones) is 1. The van der Waals surface area contributed by atoms with Crippen molar-refractivity contribution < 1.29 is 9.53 Å². The van der Waals surface area contributed by atoms with Gasteiger partial charge in [-0.2, -0.15) is 0 Å². The molecule has 4 rings (SSSR count). The summed E-state index contributed by atoms with van der Waals surface area (Å²) >= 11 is 0. The van der Waals surface area contributed by atoms with Gasteiger partial charge in [-0.1, -0.05) is 36.4 Å². The number of nitrogens with one attached hydrogen (secondary N) is 1. The second kappa shape index (κ2) is 4.70. The van der Waals surface area contributed by atoms with Crippen molar-refractivity contribution in [1.29, 1.82) is 0 Å². The second-order valence-electron chi connectivity index (χ2n) is 6.14. The van der Waals surface area contributed by atoms with Crippen LogP contribution in [0, 0.1) is 6.92 Å². The highest BCUT2D eigenvalue weighted by Gasteiger charge is 2.50. The minimum Gasteiger partial charge on any atom is -0.431 e. The minimum atomic E-state index is -0.905. The molecule has 3 aromatic rings. The monoisotopic (exact) mass is 306 g/mol. The Morgan fingerprint density at radius 1 is 1.04 bits per heavy atom. The highest BCUT2D eigenvalue weighted by Crippen LogP contribution is 2.46. The largest absolute Gasteiger partial charge is 0.431 e. The van der Waals surface area contributed by atoms with E-state index >= 15 is 0 Å². The Labute approximate surface area is 134 Å². The number of nitrogens with zero attached hydrogens (tertiary/aromatic N) is 1. The van der Waals surface area contributed by atoms with Gasteiger partial charge in [-0.25, -0.2) is 4.79 Å². The quantitative estimate of drug-likeness (QED) is 0.738. The van der Waals surface area contributed by atoms with Gasteiger partial charge in [-0.05, 0) is 33.2 Å². The Bertz CT molecular complexity index is 926. The molecule has 4 nitrogen and oxygen atoms in total. The first-order valence-corrected chi connectivity index (χ1v) is 7.64. The number of hydrogen-bond acceptors (Lipinski definition) is 3. The molecule has 0 aliphatic carbocycles. The molecule has 0 fully saturated rings. The summed E-state index contributed by atoms with van der Waals surface area (Å²) in [5, 5.41) is 1.07. The highest BCUT2D eigenvalue weighted by atomic mass is 16.6. The normalized spacial score (nSPS) is 20.1. The minimum absolute atomic E-state index is 0.279. The summed E-state index contributed by atoms with van der Waals surface area (Å²) in [6.07, 6.45) is 0. The molecule has 0 radical (unpaired) electrons. The molecule has 0 saturated carbocycles. The number of para-hydroxylation sites is 1. The molecule has 116 valence electrons. The lowest BCUT2D eigenvalue weighted by Gasteiger charge is -2.36. The van der Waals surface area contributed by atoms with Crippen molar-refractivity contribution in [3.63, 3.8) is 0 Å². The van der Waals surface area contributed by atoms with Gasteiger partial charge in [-0.3, -0.25) is 4.90 Å². The molecule has 1 atom stereocenters. The Morgan fingerprint density at radius 3 is 2.52 bits per heavy atom. The third kappa shape index (κ3) is 1.72. The maximum atomic E-state index is 12.5.